The van der Waals surface area contributed by atoms with Gasteiger partial charge in [0.2, 0.25) is 0 Å². The summed E-state index contributed by atoms with van der Waals surface area (Å²) in [6.45, 7) is 0.389. The van der Waals surface area contributed by atoms with Crippen LogP contribution < -0.4 is 0 Å². The van der Waals surface area contributed by atoms with Gasteiger partial charge in [-0.2, -0.15) is 0 Å². The van der Waals surface area contributed by atoms with Crippen molar-refractivity contribution in [3.8, 4) is 0 Å². The molecule has 0 radical (unpaired) electrons. The van der Waals surface area contributed by atoms with E-state index in [2.05, 4.69) is 4.74 Å². The molecule has 0 unspecified atom stereocenters. The highest BCUT2D eigenvalue weighted by Gasteiger charge is 2.12. The fraction of sp³-hybridized carbons (Fsp3) is 0.385. The van der Waals surface area contributed by atoms with Gasteiger partial charge in [0.05, 0.1) is 20.1 Å². The molecule has 0 heterocycles. The molecule has 1 aromatic carbocycles. The minimum atomic E-state index is -0.373. The Hall–Kier alpha value is -1.68. The van der Waals surface area contributed by atoms with Gasteiger partial charge in [-0.3, -0.25) is 9.59 Å². The van der Waals surface area contributed by atoms with Crippen LogP contribution in [0.5, 0.6) is 0 Å². The van der Waals surface area contributed by atoms with Gasteiger partial charge in [-0.1, -0.05) is 24.3 Å². The van der Waals surface area contributed by atoms with E-state index in [1.54, 1.807) is 19.2 Å². The van der Waals surface area contributed by atoms with E-state index in [1.807, 2.05) is 12.1 Å². The summed E-state index contributed by atoms with van der Waals surface area (Å²) in [6.07, 6.45) is 0.268. The third-order valence-corrected chi connectivity index (χ3v) is 2.40. The number of hydrogen-bond donors (Lipinski definition) is 0. The van der Waals surface area contributed by atoms with E-state index in [-0.39, 0.29) is 24.6 Å². The van der Waals surface area contributed by atoms with Gasteiger partial charge in [-0.15, -0.1) is 0 Å². The van der Waals surface area contributed by atoms with Gasteiger partial charge in [0.25, 0.3) is 0 Å². The highest BCUT2D eigenvalue weighted by atomic mass is 16.5. The van der Waals surface area contributed by atoms with Crippen molar-refractivity contribution in [1.29, 1.82) is 0 Å². The van der Waals surface area contributed by atoms with Crippen LogP contribution in [0.25, 0.3) is 0 Å². The lowest BCUT2D eigenvalue weighted by Gasteiger charge is -2.07. The molecule has 0 atom stereocenters. The summed E-state index contributed by atoms with van der Waals surface area (Å²) in [5.74, 6) is -0.439. The van der Waals surface area contributed by atoms with Crippen LogP contribution in [0, 0.1) is 0 Å². The van der Waals surface area contributed by atoms with Crippen LogP contribution in [0.15, 0.2) is 24.3 Å². The Morgan fingerprint density at radius 1 is 1.12 bits per heavy atom. The van der Waals surface area contributed by atoms with E-state index in [0.29, 0.717) is 12.2 Å². The first-order valence-corrected chi connectivity index (χ1v) is 5.36. The normalized spacial score (nSPS) is 10.0. The lowest BCUT2D eigenvalue weighted by Crippen LogP contribution is -2.08. The molecular weight excluding hydrogens is 220 g/mol. The molecule has 0 aromatic heterocycles. The largest absolute Gasteiger partial charge is 0.469 e. The molecule has 4 heteroatoms. The quantitative estimate of drug-likeness (QED) is 0.559. The number of Topliss-reactive ketones (excluding diaryl/α,β-unsaturated/α-hetero) is 1. The van der Waals surface area contributed by atoms with Crippen molar-refractivity contribution >= 4 is 11.8 Å². The Labute approximate surface area is 101 Å². The molecule has 0 aliphatic rings. The van der Waals surface area contributed by atoms with Gasteiger partial charge in [0.15, 0.2) is 5.78 Å². The molecule has 0 saturated heterocycles. The lowest BCUT2D eigenvalue weighted by atomic mass is 10.0. The highest BCUT2D eigenvalue weighted by molar-refractivity contribution is 5.98. The smallest absolute Gasteiger partial charge is 0.305 e. The zero-order valence-electron chi connectivity index (χ0n) is 10.1. The highest BCUT2D eigenvalue weighted by Crippen LogP contribution is 2.13. The van der Waals surface area contributed by atoms with Crippen LogP contribution in [0.1, 0.15) is 28.8 Å². The average Bonchev–Trinajstić information content (AvgIpc) is 2.36. The van der Waals surface area contributed by atoms with E-state index in [4.69, 9.17) is 4.74 Å². The summed E-state index contributed by atoms with van der Waals surface area (Å²) < 4.78 is 9.52. The van der Waals surface area contributed by atoms with E-state index in [0.717, 1.165) is 5.56 Å². The zero-order valence-corrected chi connectivity index (χ0v) is 10.1. The van der Waals surface area contributed by atoms with Crippen molar-refractivity contribution in [2.24, 2.45) is 0 Å². The minimum absolute atomic E-state index is 0.0666. The Balaban J connectivity index is 2.71. The average molecular weight is 236 g/mol. The molecule has 0 spiro atoms. The van der Waals surface area contributed by atoms with Gasteiger partial charge in [0.1, 0.15) is 0 Å². The zero-order chi connectivity index (χ0) is 12.7. The summed E-state index contributed by atoms with van der Waals surface area (Å²) in [4.78, 5) is 22.9. The summed E-state index contributed by atoms with van der Waals surface area (Å²) in [5, 5.41) is 0. The Morgan fingerprint density at radius 2 is 1.82 bits per heavy atom. The maximum Gasteiger partial charge on any atom is 0.305 e. The molecule has 1 aromatic rings. The maximum atomic E-state index is 11.9. The molecule has 1 rings (SSSR count). The standard InChI is InChI=1S/C13H16O4/c1-16-9-10-5-3-4-6-11(10)12(14)7-8-13(15)17-2/h3-6H,7-9H2,1-2H3. The van der Waals surface area contributed by atoms with Crippen LogP contribution in [-0.4, -0.2) is 26.0 Å². The summed E-state index contributed by atoms with van der Waals surface area (Å²) in [5.41, 5.74) is 1.45. The monoisotopic (exact) mass is 236 g/mol. The number of ether oxygens (including phenoxy) is 2. The van der Waals surface area contributed by atoms with Crippen molar-refractivity contribution in [3.05, 3.63) is 35.4 Å². The van der Waals surface area contributed by atoms with E-state index >= 15 is 0 Å². The van der Waals surface area contributed by atoms with E-state index in [9.17, 15) is 9.59 Å². The van der Waals surface area contributed by atoms with Crippen LogP contribution >= 0.6 is 0 Å². The number of rotatable bonds is 6. The second kappa shape index (κ2) is 6.81. The number of carbonyl (C=O) groups excluding carboxylic acids is 2. The van der Waals surface area contributed by atoms with Crippen molar-refractivity contribution < 1.29 is 19.1 Å². The van der Waals surface area contributed by atoms with Crippen LogP contribution in [0.2, 0.25) is 0 Å². The maximum absolute atomic E-state index is 11.9. The fourth-order valence-corrected chi connectivity index (χ4v) is 1.53. The number of esters is 1. The van der Waals surface area contributed by atoms with E-state index in [1.165, 1.54) is 7.11 Å². The van der Waals surface area contributed by atoms with Gasteiger partial charge in [0, 0.05) is 19.1 Å². The van der Waals surface area contributed by atoms with Crippen LogP contribution in [0.3, 0.4) is 0 Å². The first kappa shape index (κ1) is 13.4. The molecule has 0 bridgehead atoms. The van der Waals surface area contributed by atoms with Gasteiger partial charge in [-0.05, 0) is 5.56 Å². The van der Waals surface area contributed by atoms with Crippen molar-refractivity contribution in [2.75, 3.05) is 14.2 Å². The molecule has 0 N–H and O–H groups in total. The van der Waals surface area contributed by atoms with E-state index < -0.39 is 0 Å². The predicted octanol–water partition coefficient (Wildman–Crippen LogP) is 1.97. The second-order valence-electron chi connectivity index (χ2n) is 3.59. The summed E-state index contributed by atoms with van der Waals surface area (Å²) >= 11 is 0. The molecule has 0 fully saturated rings. The Kier molecular flexibility index (Phi) is 5.36. The lowest BCUT2D eigenvalue weighted by molar-refractivity contribution is -0.140. The van der Waals surface area contributed by atoms with Gasteiger partial charge >= 0.3 is 5.97 Å². The molecule has 0 amide bonds. The molecule has 92 valence electrons. The Morgan fingerprint density at radius 3 is 2.47 bits per heavy atom. The van der Waals surface area contributed by atoms with Gasteiger partial charge in [-0.25, -0.2) is 0 Å². The molecule has 17 heavy (non-hydrogen) atoms. The first-order valence-electron chi connectivity index (χ1n) is 5.36. The number of carbonyl (C=O) groups is 2. The van der Waals surface area contributed by atoms with Crippen LogP contribution in [-0.2, 0) is 20.9 Å². The van der Waals surface area contributed by atoms with Crippen molar-refractivity contribution in [3.63, 3.8) is 0 Å². The molecule has 4 nitrogen and oxygen atoms in total. The number of hydrogen-bond acceptors (Lipinski definition) is 4. The third kappa shape index (κ3) is 4.00. The molecule has 0 aliphatic heterocycles. The first-order chi connectivity index (χ1) is 8.19. The Bertz CT molecular complexity index is 398. The van der Waals surface area contributed by atoms with Crippen molar-refractivity contribution in [1.82, 2.24) is 0 Å². The van der Waals surface area contributed by atoms with Crippen LogP contribution in [0.4, 0.5) is 0 Å². The third-order valence-electron chi connectivity index (χ3n) is 2.40. The molecular formula is C13H16O4. The minimum Gasteiger partial charge on any atom is -0.469 e. The topological polar surface area (TPSA) is 52.6 Å². The number of methoxy groups -OCH3 is 2. The SMILES string of the molecule is COCc1ccccc1C(=O)CCC(=O)OC. The summed E-state index contributed by atoms with van der Waals surface area (Å²) in [7, 11) is 2.89. The van der Waals surface area contributed by atoms with Gasteiger partial charge < -0.3 is 9.47 Å². The second-order valence-corrected chi connectivity index (χ2v) is 3.59. The fourth-order valence-electron chi connectivity index (χ4n) is 1.53. The predicted molar refractivity (Wildman–Crippen MR) is 62.7 cm³/mol. The molecule has 0 saturated carbocycles. The molecule has 0 aliphatic carbocycles. The van der Waals surface area contributed by atoms with Crippen molar-refractivity contribution in [2.45, 2.75) is 19.4 Å². The summed E-state index contributed by atoms with van der Waals surface area (Å²) in [6, 6.07) is 7.23. The number of benzene rings is 1. The number of ketones is 1.